The second-order valence-corrected chi connectivity index (χ2v) is 4.22. The van der Waals surface area contributed by atoms with Crippen molar-refractivity contribution in [2.45, 2.75) is 13.5 Å². The Hall–Kier alpha value is -2.21. The molecule has 1 aromatic heterocycles. The highest BCUT2D eigenvalue weighted by Crippen LogP contribution is 2.24. The molecular formula is C14H17FN4O. The maximum absolute atomic E-state index is 13.0. The van der Waals surface area contributed by atoms with Gasteiger partial charge in [-0.1, -0.05) is 0 Å². The molecule has 0 amide bonds. The monoisotopic (exact) mass is 276 g/mol. The molecule has 5 nitrogen and oxygen atoms in total. The third-order valence-electron chi connectivity index (χ3n) is 2.78. The Balaban J connectivity index is 2.38. The normalized spacial score (nSPS) is 10.6. The summed E-state index contributed by atoms with van der Waals surface area (Å²) in [4.78, 5) is 10.4. The van der Waals surface area contributed by atoms with E-state index in [2.05, 4.69) is 9.97 Å². The first kappa shape index (κ1) is 14.2. The fourth-order valence-electron chi connectivity index (χ4n) is 1.93. The second kappa shape index (κ2) is 6.29. The molecule has 0 aliphatic heterocycles. The van der Waals surface area contributed by atoms with E-state index in [-0.39, 0.29) is 5.82 Å². The van der Waals surface area contributed by atoms with Gasteiger partial charge in [-0.05, 0) is 31.2 Å². The van der Waals surface area contributed by atoms with Gasteiger partial charge >= 0.3 is 0 Å². The summed E-state index contributed by atoms with van der Waals surface area (Å²) in [6, 6.07) is 7.92. The lowest BCUT2D eigenvalue weighted by Gasteiger charge is -2.22. The molecule has 106 valence electrons. The van der Waals surface area contributed by atoms with Crippen LogP contribution in [0.4, 0.5) is 21.7 Å². The molecule has 2 aromatic rings. The Labute approximate surface area is 117 Å². The van der Waals surface area contributed by atoms with Gasteiger partial charge < -0.3 is 15.4 Å². The maximum atomic E-state index is 13.0. The molecule has 0 aliphatic carbocycles. The number of aromatic nitrogens is 2. The van der Waals surface area contributed by atoms with Gasteiger partial charge in [0.2, 0.25) is 0 Å². The summed E-state index contributed by atoms with van der Waals surface area (Å²) in [7, 11) is 1.57. The molecule has 0 unspecified atom stereocenters. The summed E-state index contributed by atoms with van der Waals surface area (Å²) in [6.45, 7) is 2.95. The first-order valence-corrected chi connectivity index (χ1v) is 6.29. The number of nitrogen functional groups attached to an aromatic ring is 1. The molecule has 20 heavy (non-hydrogen) atoms. The van der Waals surface area contributed by atoms with Crippen molar-refractivity contribution in [2.24, 2.45) is 0 Å². The minimum absolute atomic E-state index is 0.271. The van der Waals surface area contributed by atoms with E-state index >= 15 is 0 Å². The molecule has 1 heterocycles. The third kappa shape index (κ3) is 3.21. The van der Waals surface area contributed by atoms with Crippen molar-refractivity contribution in [2.75, 3.05) is 24.3 Å². The highest BCUT2D eigenvalue weighted by atomic mass is 19.1. The molecular weight excluding hydrogens is 259 g/mol. The SMILES string of the molecule is CCN(c1ccc(F)cc1)c1cc(N)nc(COC)n1. The van der Waals surface area contributed by atoms with Crippen LogP contribution in [-0.4, -0.2) is 23.6 Å². The van der Waals surface area contributed by atoms with Gasteiger partial charge in [-0.25, -0.2) is 14.4 Å². The highest BCUT2D eigenvalue weighted by Gasteiger charge is 2.11. The third-order valence-corrected chi connectivity index (χ3v) is 2.78. The molecule has 2 rings (SSSR count). The zero-order valence-electron chi connectivity index (χ0n) is 11.5. The van der Waals surface area contributed by atoms with Crippen molar-refractivity contribution in [1.29, 1.82) is 0 Å². The number of benzene rings is 1. The molecule has 0 spiro atoms. The van der Waals surface area contributed by atoms with E-state index < -0.39 is 0 Å². The minimum Gasteiger partial charge on any atom is -0.384 e. The van der Waals surface area contributed by atoms with Crippen molar-refractivity contribution in [3.8, 4) is 0 Å². The number of halogens is 1. The standard InChI is InChI=1S/C14H17FN4O/c1-3-19(11-6-4-10(15)5-7-11)14-8-12(16)17-13(18-14)9-20-2/h4-8H,3,9H2,1-2H3,(H2,16,17,18). The van der Waals surface area contributed by atoms with E-state index in [1.165, 1.54) is 12.1 Å². The van der Waals surface area contributed by atoms with Crippen LogP contribution in [0.15, 0.2) is 30.3 Å². The van der Waals surface area contributed by atoms with Gasteiger partial charge in [0.25, 0.3) is 0 Å². The predicted molar refractivity (Wildman–Crippen MR) is 76.2 cm³/mol. The van der Waals surface area contributed by atoms with Crippen LogP contribution in [0.2, 0.25) is 0 Å². The average molecular weight is 276 g/mol. The fraction of sp³-hybridized carbons (Fsp3) is 0.286. The van der Waals surface area contributed by atoms with Crippen LogP contribution in [0.25, 0.3) is 0 Å². The first-order chi connectivity index (χ1) is 9.63. The minimum atomic E-state index is -0.271. The fourth-order valence-corrected chi connectivity index (χ4v) is 1.93. The van der Waals surface area contributed by atoms with Crippen molar-refractivity contribution < 1.29 is 9.13 Å². The molecule has 0 radical (unpaired) electrons. The summed E-state index contributed by atoms with van der Waals surface area (Å²) in [5.74, 6) is 1.29. The predicted octanol–water partition coefficient (Wildman–Crippen LogP) is 2.50. The Bertz CT molecular complexity index is 574. The molecule has 0 saturated carbocycles. The Morgan fingerprint density at radius 2 is 1.95 bits per heavy atom. The summed E-state index contributed by atoms with van der Waals surface area (Å²) >= 11 is 0. The van der Waals surface area contributed by atoms with Gasteiger partial charge in [0, 0.05) is 25.4 Å². The summed E-state index contributed by atoms with van der Waals surface area (Å²) in [5, 5.41) is 0. The topological polar surface area (TPSA) is 64.3 Å². The molecule has 0 aliphatic rings. The average Bonchev–Trinajstić information content (AvgIpc) is 2.41. The van der Waals surface area contributed by atoms with Gasteiger partial charge in [-0.3, -0.25) is 0 Å². The van der Waals surface area contributed by atoms with Crippen molar-refractivity contribution >= 4 is 17.3 Å². The Morgan fingerprint density at radius 1 is 1.25 bits per heavy atom. The largest absolute Gasteiger partial charge is 0.384 e. The Kier molecular flexibility index (Phi) is 4.47. The number of nitrogens with zero attached hydrogens (tertiary/aromatic N) is 3. The number of ether oxygens (including phenoxy) is 1. The first-order valence-electron chi connectivity index (χ1n) is 6.29. The lowest BCUT2D eigenvalue weighted by atomic mass is 10.2. The van der Waals surface area contributed by atoms with E-state index in [9.17, 15) is 4.39 Å². The molecule has 0 bridgehead atoms. The van der Waals surface area contributed by atoms with E-state index in [4.69, 9.17) is 10.5 Å². The van der Waals surface area contributed by atoms with Crippen LogP contribution in [0.3, 0.4) is 0 Å². The lowest BCUT2D eigenvalue weighted by molar-refractivity contribution is 0.178. The zero-order chi connectivity index (χ0) is 14.5. The number of hydrogen-bond acceptors (Lipinski definition) is 5. The zero-order valence-corrected chi connectivity index (χ0v) is 11.5. The molecule has 1 aromatic carbocycles. The van der Waals surface area contributed by atoms with E-state index in [0.29, 0.717) is 30.6 Å². The van der Waals surface area contributed by atoms with E-state index in [1.54, 1.807) is 25.3 Å². The maximum Gasteiger partial charge on any atom is 0.158 e. The van der Waals surface area contributed by atoms with Gasteiger partial charge in [0.15, 0.2) is 5.82 Å². The number of methoxy groups -OCH3 is 1. The van der Waals surface area contributed by atoms with Crippen LogP contribution in [0, 0.1) is 5.82 Å². The van der Waals surface area contributed by atoms with Crippen molar-refractivity contribution in [1.82, 2.24) is 9.97 Å². The van der Waals surface area contributed by atoms with Crippen LogP contribution in [0.5, 0.6) is 0 Å². The van der Waals surface area contributed by atoms with Crippen LogP contribution < -0.4 is 10.6 Å². The van der Waals surface area contributed by atoms with E-state index in [1.807, 2.05) is 11.8 Å². The van der Waals surface area contributed by atoms with Crippen LogP contribution in [-0.2, 0) is 11.3 Å². The van der Waals surface area contributed by atoms with Crippen LogP contribution >= 0.6 is 0 Å². The van der Waals surface area contributed by atoms with Gasteiger partial charge in [0.1, 0.15) is 24.1 Å². The smallest absolute Gasteiger partial charge is 0.158 e. The molecule has 0 atom stereocenters. The van der Waals surface area contributed by atoms with Gasteiger partial charge in [-0.2, -0.15) is 0 Å². The summed E-state index contributed by atoms with van der Waals surface area (Å²) < 4.78 is 18.0. The second-order valence-electron chi connectivity index (χ2n) is 4.22. The number of anilines is 3. The number of hydrogen-bond donors (Lipinski definition) is 1. The quantitative estimate of drug-likeness (QED) is 0.909. The van der Waals surface area contributed by atoms with Gasteiger partial charge in [-0.15, -0.1) is 0 Å². The van der Waals surface area contributed by atoms with Crippen molar-refractivity contribution in [3.05, 3.63) is 42.0 Å². The molecule has 6 heteroatoms. The van der Waals surface area contributed by atoms with Crippen LogP contribution in [0.1, 0.15) is 12.7 Å². The highest BCUT2D eigenvalue weighted by molar-refractivity contribution is 5.61. The van der Waals surface area contributed by atoms with Gasteiger partial charge in [0.05, 0.1) is 0 Å². The Morgan fingerprint density at radius 3 is 2.55 bits per heavy atom. The summed E-state index contributed by atoms with van der Waals surface area (Å²) in [5.41, 5.74) is 6.63. The molecule has 2 N–H and O–H groups in total. The molecule has 0 saturated heterocycles. The molecule has 0 fully saturated rings. The van der Waals surface area contributed by atoms with Crippen molar-refractivity contribution in [3.63, 3.8) is 0 Å². The number of nitrogens with two attached hydrogens (primary N) is 1. The lowest BCUT2D eigenvalue weighted by Crippen LogP contribution is -2.19. The van der Waals surface area contributed by atoms with E-state index in [0.717, 1.165) is 5.69 Å². The number of rotatable bonds is 5. The summed E-state index contributed by atoms with van der Waals surface area (Å²) in [6.07, 6.45) is 0.